The monoisotopic (exact) mass is 386 g/mol. The van der Waals surface area contributed by atoms with Crippen molar-refractivity contribution >= 4 is 17.5 Å². The van der Waals surface area contributed by atoms with Gasteiger partial charge in [-0.1, -0.05) is 48.5 Å². The lowest BCUT2D eigenvalue weighted by Crippen LogP contribution is -2.37. The number of anilines is 2. The number of fused-ring (bicyclic) bond motifs is 1. The Hall–Kier alpha value is -3.21. The molecule has 0 radical (unpaired) electrons. The number of carbonyl (C=O) groups is 1. The molecule has 3 aromatic rings. The van der Waals surface area contributed by atoms with Crippen LogP contribution in [0.4, 0.5) is 11.6 Å². The highest BCUT2D eigenvalue weighted by Crippen LogP contribution is 2.33. The summed E-state index contributed by atoms with van der Waals surface area (Å²) >= 11 is 0. The number of hydrogen-bond donors (Lipinski definition) is 0. The van der Waals surface area contributed by atoms with E-state index in [1.807, 2.05) is 41.3 Å². The van der Waals surface area contributed by atoms with Crippen molar-refractivity contribution in [3.05, 3.63) is 83.7 Å². The zero-order valence-electron chi connectivity index (χ0n) is 17.1. The van der Waals surface area contributed by atoms with Gasteiger partial charge in [-0.05, 0) is 50.5 Å². The van der Waals surface area contributed by atoms with Crippen molar-refractivity contribution in [2.75, 3.05) is 9.80 Å². The van der Waals surface area contributed by atoms with Crippen molar-refractivity contribution in [3.63, 3.8) is 0 Å². The lowest BCUT2D eigenvalue weighted by Gasteiger charge is -2.27. The maximum atomic E-state index is 13.3. The van der Waals surface area contributed by atoms with Crippen LogP contribution in [-0.2, 0) is 13.0 Å². The van der Waals surface area contributed by atoms with Crippen LogP contribution < -0.4 is 9.80 Å². The van der Waals surface area contributed by atoms with E-state index >= 15 is 0 Å². The number of aromatic nitrogens is 2. The van der Waals surface area contributed by atoms with Gasteiger partial charge in [-0.3, -0.25) is 4.79 Å². The van der Waals surface area contributed by atoms with Crippen LogP contribution in [-0.4, -0.2) is 28.0 Å². The Morgan fingerprint density at radius 3 is 2.59 bits per heavy atom. The maximum absolute atomic E-state index is 13.3. The minimum absolute atomic E-state index is 0.0745. The quantitative estimate of drug-likeness (QED) is 0.649. The first-order valence-electron chi connectivity index (χ1n) is 10.1. The second kappa shape index (κ2) is 8.03. The van der Waals surface area contributed by atoms with Crippen LogP contribution in [0, 0.1) is 0 Å². The van der Waals surface area contributed by atoms with E-state index in [4.69, 9.17) is 0 Å². The van der Waals surface area contributed by atoms with Crippen LogP contribution in [0.5, 0.6) is 0 Å². The highest BCUT2D eigenvalue weighted by molar-refractivity contribution is 6.06. The molecule has 0 N–H and O–H groups in total. The Morgan fingerprint density at radius 2 is 1.83 bits per heavy atom. The highest BCUT2D eigenvalue weighted by atomic mass is 16.2. The summed E-state index contributed by atoms with van der Waals surface area (Å²) in [5, 5.41) is 0. The number of carbonyl (C=O) groups excluding carboxylic acids is 1. The van der Waals surface area contributed by atoms with Gasteiger partial charge in [0.2, 0.25) is 5.95 Å². The average Bonchev–Trinajstić information content (AvgIpc) is 3.07. The number of benzene rings is 2. The Kier molecular flexibility index (Phi) is 5.30. The van der Waals surface area contributed by atoms with Gasteiger partial charge in [-0.15, -0.1) is 0 Å². The Balaban J connectivity index is 1.63. The largest absolute Gasteiger partial charge is 0.334 e. The molecule has 1 aromatic heterocycles. The predicted octanol–water partition coefficient (Wildman–Crippen LogP) is 4.48. The van der Waals surface area contributed by atoms with Gasteiger partial charge in [0.1, 0.15) is 5.69 Å². The molecular formula is C24H26N4O. The van der Waals surface area contributed by atoms with E-state index in [1.54, 1.807) is 12.3 Å². The third-order valence-electron chi connectivity index (χ3n) is 5.36. The highest BCUT2D eigenvalue weighted by Gasteiger charge is 2.32. The molecule has 0 aliphatic carbocycles. The summed E-state index contributed by atoms with van der Waals surface area (Å²) in [7, 11) is 0. The van der Waals surface area contributed by atoms with Gasteiger partial charge in [0, 0.05) is 30.5 Å². The lowest BCUT2D eigenvalue weighted by molar-refractivity contribution is 0.0976. The van der Waals surface area contributed by atoms with Gasteiger partial charge in [-0.2, -0.15) is 0 Å². The predicted molar refractivity (Wildman–Crippen MR) is 116 cm³/mol. The normalized spacial score (nSPS) is 15.4. The second-order valence-electron chi connectivity index (χ2n) is 7.81. The van der Waals surface area contributed by atoms with Gasteiger partial charge in [0.05, 0.1) is 0 Å². The summed E-state index contributed by atoms with van der Waals surface area (Å²) in [6.07, 6.45) is 2.55. The lowest BCUT2D eigenvalue weighted by atomic mass is 10.1. The molecule has 29 heavy (non-hydrogen) atoms. The van der Waals surface area contributed by atoms with Crippen molar-refractivity contribution < 1.29 is 4.79 Å². The fraction of sp³-hybridized carbons (Fsp3) is 0.292. The van der Waals surface area contributed by atoms with E-state index in [1.165, 1.54) is 11.1 Å². The molecular weight excluding hydrogens is 360 g/mol. The number of amides is 1. The van der Waals surface area contributed by atoms with Crippen LogP contribution in [0.3, 0.4) is 0 Å². The molecule has 1 aliphatic heterocycles. The SMILES string of the molecule is CC(C)N(Cc1ccccc1)c1nccc(C(=O)N2c3ccccc3CC2C)n1. The van der Waals surface area contributed by atoms with Crippen LogP contribution in [0.25, 0.3) is 0 Å². The van der Waals surface area contributed by atoms with E-state index in [2.05, 4.69) is 53.8 Å². The van der Waals surface area contributed by atoms with Crippen LogP contribution in [0.2, 0.25) is 0 Å². The average molecular weight is 386 g/mol. The first kappa shape index (κ1) is 19.1. The summed E-state index contributed by atoms with van der Waals surface area (Å²) < 4.78 is 0. The minimum atomic E-state index is -0.0745. The van der Waals surface area contributed by atoms with Crippen LogP contribution in [0.1, 0.15) is 42.4 Å². The third-order valence-corrected chi connectivity index (χ3v) is 5.36. The van der Waals surface area contributed by atoms with Crippen LogP contribution in [0.15, 0.2) is 66.9 Å². The topological polar surface area (TPSA) is 49.3 Å². The molecule has 2 aromatic carbocycles. The molecule has 1 unspecified atom stereocenters. The van der Waals surface area contributed by atoms with Crippen molar-refractivity contribution in [2.24, 2.45) is 0 Å². The molecule has 1 aliphatic rings. The molecule has 5 heteroatoms. The van der Waals surface area contributed by atoms with Crippen molar-refractivity contribution in [2.45, 2.75) is 45.8 Å². The molecule has 0 saturated heterocycles. The second-order valence-corrected chi connectivity index (χ2v) is 7.81. The number of para-hydroxylation sites is 1. The molecule has 0 fully saturated rings. The summed E-state index contributed by atoms with van der Waals surface area (Å²) in [6.45, 7) is 6.99. The summed E-state index contributed by atoms with van der Waals surface area (Å²) in [4.78, 5) is 26.5. The standard InChI is InChI=1S/C24H26N4O/c1-17(2)27(16-19-9-5-4-6-10-19)24-25-14-13-21(26-24)23(29)28-18(3)15-20-11-7-8-12-22(20)28/h4-14,17-18H,15-16H2,1-3H3. The zero-order valence-corrected chi connectivity index (χ0v) is 17.1. The molecule has 148 valence electrons. The van der Waals surface area contributed by atoms with Crippen molar-refractivity contribution in [1.82, 2.24) is 9.97 Å². The summed E-state index contributed by atoms with van der Waals surface area (Å²) in [5.41, 5.74) is 3.80. The number of rotatable bonds is 5. The van der Waals surface area contributed by atoms with Crippen molar-refractivity contribution in [1.29, 1.82) is 0 Å². The molecule has 0 bridgehead atoms. The van der Waals surface area contributed by atoms with E-state index in [0.29, 0.717) is 18.2 Å². The fourth-order valence-corrected chi connectivity index (χ4v) is 3.87. The Morgan fingerprint density at radius 1 is 1.10 bits per heavy atom. The Bertz CT molecular complexity index is 1000. The van der Waals surface area contributed by atoms with Crippen LogP contribution >= 0.6 is 0 Å². The molecule has 1 atom stereocenters. The fourth-order valence-electron chi connectivity index (χ4n) is 3.87. The van der Waals surface area contributed by atoms with Gasteiger partial charge in [-0.25, -0.2) is 9.97 Å². The van der Waals surface area contributed by atoms with E-state index in [-0.39, 0.29) is 18.0 Å². The number of nitrogens with zero attached hydrogens (tertiary/aromatic N) is 4. The number of hydrogen-bond acceptors (Lipinski definition) is 4. The maximum Gasteiger partial charge on any atom is 0.277 e. The van der Waals surface area contributed by atoms with Gasteiger partial charge in [0.15, 0.2) is 0 Å². The molecule has 5 nitrogen and oxygen atoms in total. The Labute approximate surface area is 172 Å². The zero-order chi connectivity index (χ0) is 20.4. The minimum Gasteiger partial charge on any atom is -0.334 e. The third kappa shape index (κ3) is 3.86. The first-order chi connectivity index (χ1) is 14.0. The summed E-state index contributed by atoms with van der Waals surface area (Å²) in [5.74, 6) is 0.504. The molecule has 0 spiro atoms. The molecule has 2 heterocycles. The first-order valence-corrected chi connectivity index (χ1v) is 10.1. The van der Waals surface area contributed by atoms with Gasteiger partial charge in [0.25, 0.3) is 5.91 Å². The van der Waals surface area contributed by atoms with E-state index in [9.17, 15) is 4.79 Å². The molecule has 4 rings (SSSR count). The van der Waals surface area contributed by atoms with E-state index < -0.39 is 0 Å². The van der Waals surface area contributed by atoms with Gasteiger partial charge < -0.3 is 9.80 Å². The summed E-state index contributed by atoms with van der Waals surface area (Å²) in [6, 6.07) is 20.4. The molecule has 0 saturated carbocycles. The van der Waals surface area contributed by atoms with Crippen molar-refractivity contribution in [3.8, 4) is 0 Å². The van der Waals surface area contributed by atoms with E-state index in [0.717, 1.165) is 12.1 Å². The smallest absolute Gasteiger partial charge is 0.277 e. The van der Waals surface area contributed by atoms with Gasteiger partial charge >= 0.3 is 0 Å². The molecule has 1 amide bonds.